The molecule has 10 heteroatoms. The van der Waals surface area contributed by atoms with Crippen LogP contribution in [0.2, 0.25) is 0 Å². The SMILES string of the molecule is c1cc(OCc2ccc3ccccc3n2)cc(-c2nnn(Cc3ccccc3-c3nn[nH]n3)n2)c1. The molecule has 3 aromatic carbocycles. The molecule has 170 valence electrons. The Balaban J connectivity index is 1.17. The van der Waals surface area contributed by atoms with E-state index in [1.807, 2.05) is 78.9 Å². The monoisotopic (exact) mass is 461 g/mol. The maximum Gasteiger partial charge on any atom is 0.205 e. The standard InChI is InChI=1S/C25H19N9O/c1-3-10-22(25-27-31-32-28-25)19(7-1)15-34-30-24(29-33-34)18-8-5-9-21(14-18)35-16-20-13-12-17-6-2-4-11-23(17)26-20/h1-14H,15-16H2,(H,27,28,31,32). The van der Waals surface area contributed by atoms with Gasteiger partial charge in [0.1, 0.15) is 12.4 Å². The van der Waals surface area contributed by atoms with Gasteiger partial charge in [-0.15, -0.1) is 20.4 Å². The summed E-state index contributed by atoms with van der Waals surface area (Å²) in [4.78, 5) is 6.20. The Labute approximate surface area is 199 Å². The van der Waals surface area contributed by atoms with Gasteiger partial charge in [0, 0.05) is 16.5 Å². The van der Waals surface area contributed by atoms with Gasteiger partial charge in [-0.3, -0.25) is 0 Å². The first-order valence-corrected chi connectivity index (χ1v) is 11.0. The number of nitrogens with one attached hydrogen (secondary N) is 1. The van der Waals surface area contributed by atoms with E-state index < -0.39 is 0 Å². The van der Waals surface area contributed by atoms with Crippen LogP contribution in [0.25, 0.3) is 33.7 Å². The predicted molar refractivity (Wildman–Crippen MR) is 128 cm³/mol. The van der Waals surface area contributed by atoms with E-state index in [1.165, 1.54) is 0 Å². The van der Waals surface area contributed by atoms with Crippen molar-refractivity contribution in [2.24, 2.45) is 0 Å². The Hall–Kier alpha value is -4.99. The second-order valence-electron chi connectivity index (χ2n) is 7.85. The van der Waals surface area contributed by atoms with Crippen molar-refractivity contribution in [3.8, 4) is 28.5 Å². The number of aromatic amines is 1. The molecule has 0 aliphatic rings. The first kappa shape index (κ1) is 20.6. The number of fused-ring (bicyclic) bond motifs is 1. The molecule has 0 radical (unpaired) electrons. The lowest BCUT2D eigenvalue weighted by atomic mass is 10.1. The number of H-pyrrole nitrogens is 1. The molecule has 10 nitrogen and oxygen atoms in total. The number of para-hydroxylation sites is 1. The van der Waals surface area contributed by atoms with Crippen LogP contribution in [0.4, 0.5) is 0 Å². The Morgan fingerprint density at radius 2 is 1.74 bits per heavy atom. The molecule has 0 bridgehead atoms. The molecule has 0 amide bonds. The minimum Gasteiger partial charge on any atom is -0.487 e. The number of tetrazole rings is 2. The maximum atomic E-state index is 5.99. The zero-order valence-corrected chi connectivity index (χ0v) is 18.5. The van der Waals surface area contributed by atoms with E-state index in [2.05, 4.69) is 47.1 Å². The van der Waals surface area contributed by atoms with Crippen LogP contribution >= 0.6 is 0 Å². The second-order valence-corrected chi connectivity index (χ2v) is 7.85. The lowest BCUT2D eigenvalue weighted by Gasteiger charge is -2.07. The van der Waals surface area contributed by atoms with Crippen LogP contribution in [0.5, 0.6) is 5.75 Å². The van der Waals surface area contributed by atoms with Gasteiger partial charge in [0.05, 0.1) is 17.8 Å². The summed E-state index contributed by atoms with van der Waals surface area (Å²) in [7, 11) is 0. The lowest BCUT2D eigenvalue weighted by molar-refractivity contribution is 0.302. The smallest absolute Gasteiger partial charge is 0.205 e. The van der Waals surface area contributed by atoms with Gasteiger partial charge in [0.25, 0.3) is 0 Å². The summed E-state index contributed by atoms with van der Waals surface area (Å²) in [5.41, 5.74) is 4.44. The van der Waals surface area contributed by atoms with Crippen LogP contribution in [-0.4, -0.2) is 45.8 Å². The van der Waals surface area contributed by atoms with Gasteiger partial charge in [-0.05, 0) is 40.3 Å². The summed E-state index contributed by atoms with van der Waals surface area (Å²) in [5.74, 6) is 1.74. The summed E-state index contributed by atoms with van der Waals surface area (Å²) in [6, 6.07) is 27.5. The Morgan fingerprint density at radius 3 is 2.69 bits per heavy atom. The number of hydrogen-bond donors (Lipinski definition) is 1. The molecule has 0 fully saturated rings. The number of hydrogen-bond acceptors (Lipinski definition) is 8. The van der Waals surface area contributed by atoms with Crippen LogP contribution in [0.15, 0.2) is 84.9 Å². The fourth-order valence-electron chi connectivity index (χ4n) is 3.80. The molecule has 0 unspecified atom stereocenters. The van der Waals surface area contributed by atoms with Crippen molar-refractivity contribution in [3.63, 3.8) is 0 Å². The van der Waals surface area contributed by atoms with E-state index in [4.69, 9.17) is 4.74 Å². The van der Waals surface area contributed by atoms with Gasteiger partial charge in [0.15, 0.2) is 0 Å². The largest absolute Gasteiger partial charge is 0.487 e. The minimum absolute atomic E-state index is 0.362. The van der Waals surface area contributed by atoms with Gasteiger partial charge < -0.3 is 4.74 Å². The second kappa shape index (κ2) is 9.10. The maximum absolute atomic E-state index is 5.99. The van der Waals surface area contributed by atoms with Gasteiger partial charge in [-0.1, -0.05) is 60.7 Å². The number of aromatic nitrogens is 9. The van der Waals surface area contributed by atoms with Crippen molar-refractivity contribution in [1.82, 2.24) is 45.8 Å². The molecule has 0 saturated heterocycles. The molecule has 0 spiro atoms. The van der Waals surface area contributed by atoms with E-state index in [-0.39, 0.29) is 0 Å². The predicted octanol–water partition coefficient (Wildman–Crippen LogP) is 3.70. The van der Waals surface area contributed by atoms with Crippen LogP contribution in [0.3, 0.4) is 0 Å². The third kappa shape index (κ3) is 4.44. The molecule has 0 aliphatic heterocycles. The van der Waals surface area contributed by atoms with E-state index >= 15 is 0 Å². The highest BCUT2D eigenvalue weighted by molar-refractivity contribution is 5.78. The van der Waals surface area contributed by atoms with Crippen LogP contribution in [0.1, 0.15) is 11.3 Å². The van der Waals surface area contributed by atoms with Crippen LogP contribution in [-0.2, 0) is 13.2 Å². The van der Waals surface area contributed by atoms with Crippen molar-refractivity contribution >= 4 is 10.9 Å². The third-order valence-corrected chi connectivity index (χ3v) is 5.50. The average molecular weight is 461 g/mol. The summed E-state index contributed by atoms with van der Waals surface area (Å²) in [5, 5.41) is 28.4. The molecule has 3 aromatic heterocycles. The molecule has 1 N–H and O–H groups in total. The Morgan fingerprint density at radius 1 is 0.829 bits per heavy atom. The van der Waals surface area contributed by atoms with Gasteiger partial charge in [-0.25, -0.2) is 4.98 Å². The normalized spacial score (nSPS) is 11.1. The first-order valence-electron chi connectivity index (χ1n) is 11.0. The summed E-state index contributed by atoms with van der Waals surface area (Å²) in [6.45, 7) is 0.781. The highest BCUT2D eigenvalue weighted by Gasteiger charge is 2.12. The highest BCUT2D eigenvalue weighted by Crippen LogP contribution is 2.23. The van der Waals surface area contributed by atoms with Gasteiger partial charge >= 0.3 is 0 Å². The van der Waals surface area contributed by atoms with Crippen molar-refractivity contribution in [2.45, 2.75) is 13.2 Å². The van der Waals surface area contributed by atoms with Gasteiger partial charge in [-0.2, -0.15) is 10.0 Å². The first-order chi connectivity index (χ1) is 17.3. The molecule has 0 atom stereocenters. The van der Waals surface area contributed by atoms with Gasteiger partial charge in [0.2, 0.25) is 11.6 Å². The number of rotatable bonds is 7. The molecule has 0 aliphatic carbocycles. The molecule has 6 rings (SSSR count). The molecule has 3 heterocycles. The van der Waals surface area contributed by atoms with E-state index in [9.17, 15) is 0 Å². The number of nitrogens with zero attached hydrogens (tertiary/aromatic N) is 8. The third-order valence-electron chi connectivity index (χ3n) is 5.50. The average Bonchev–Trinajstić information content (AvgIpc) is 3.61. The lowest BCUT2D eigenvalue weighted by Crippen LogP contribution is -2.05. The Kier molecular flexibility index (Phi) is 5.36. The topological polar surface area (TPSA) is 120 Å². The van der Waals surface area contributed by atoms with Crippen molar-refractivity contribution < 1.29 is 4.74 Å². The zero-order valence-electron chi connectivity index (χ0n) is 18.5. The quantitative estimate of drug-likeness (QED) is 0.382. The fraction of sp³-hybridized carbons (Fsp3) is 0.0800. The molecule has 35 heavy (non-hydrogen) atoms. The highest BCUT2D eigenvalue weighted by atomic mass is 16.5. The van der Waals surface area contributed by atoms with E-state index in [0.29, 0.717) is 30.5 Å². The van der Waals surface area contributed by atoms with E-state index in [0.717, 1.165) is 33.3 Å². The number of pyridine rings is 1. The van der Waals surface area contributed by atoms with Crippen molar-refractivity contribution in [2.75, 3.05) is 0 Å². The number of ether oxygens (including phenoxy) is 1. The van der Waals surface area contributed by atoms with E-state index in [1.54, 1.807) is 4.80 Å². The van der Waals surface area contributed by atoms with Crippen LogP contribution < -0.4 is 4.74 Å². The molecule has 6 aromatic rings. The molecule has 0 saturated carbocycles. The van der Waals surface area contributed by atoms with Crippen molar-refractivity contribution in [3.05, 3.63) is 96.2 Å². The van der Waals surface area contributed by atoms with Crippen molar-refractivity contribution in [1.29, 1.82) is 0 Å². The van der Waals surface area contributed by atoms with Crippen LogP contribution in [0, 0.1) is 0 Å². The minimum atomic E-state index is 0.362. The molecular formula is C25H19N9O. The summed E-state index contributed by atoms with van der Waals surface area (Å²) in [6.07, 6.45) is 0. The summed E-state index contributed by atoms with van der Waals surface area (Å²) >= 11 is 0. The number of benzene rings is 3. The Bertz CT molecular complexity index is 1590. The zero-order chi connectivity index (χ0) is 23.5. The fourth-order valence-corrected chi connectivity index (χ4v) is 3.80. The molecular weight excluding hydrogens is 442 g/mol. The summed E-state index contributed by atoms with van der Waals surface area (Å²) < 4.78 is 5.99.